The second-order valence-corrected chi connectivity index (χ2v) is 5.02. The van der Waals surface area contributed by atoms with E-state index in [1.807, 2.05) is 0 Å². The summed E-state index contributed by atoms with van der Waals surface area (Å²) in [7, 11) is -2.16. The highest BCUT2D eigenvalue weighted by Crippen LogP contribution is 2.13. The van der Waals surface area contributed by atoms with Crippen LogP contribution >= 0.6 is 0 Å². The van der Waals surface area contributed by atoms with E-state index in [4.69, 9.17) is 5.84 Å². The fourth-order valence-corrected chi connectivity index (χ4v) is 2.17. The predicted molar refractivity (Wildman–Crippen MR) is 63.9 cm³/mol. The number of hydrogen-bond acceptors (Lipinski definition) is 7. The summed E-state index contributed by atoms with van der Waals surface area (Å²) in [6.07, 6.45) is 2.44. The van der Waals surface area contributed by atoms with Crippen LogP contribution in [0.15, 0.2) is 29.6 Å². The first-order valence-corrected chi connectivity index (χ1v) is 6.31. The summed E-state index contributed by atoms with van der Waals surface area (Å²) >= 11 is 0. The van der Waals surface area contributed by atoms with E-state index >= 15 is 0 Å². The maximum atomic E-state index is 12.0. The molecule has 0 aliphatic heterocycles. The van der Waals surface area contributed by atoms with Crippen molar-refractivity contribution in [2.75, 3.05) is 10.1 Å². The average Bonchev–Trinajstić information content (AvgIpc) is 2.74. The SMILES string of the molecule is Cn1ncnc1NS(=O)(=O)c1ccc(NN)nc1. The number of hydrazine groups is 1. The topological polar surface area (TPSA) is 128 Å². The molecule has 0 unspecified atom stereocenters. The highest BCUT2D eigenvalue weighted by Gasteiger charge is 2.17. The summed E-state index contributed by atoms with van der Waals surface area (Å²) in [4.78, 5) is 7.59. The molecule has 10 heteroatoms. The van der Waals surface area contributed by atoms with E-state index in [9.17, 15) is 8.42 Å². The van der Waals surface area contributed by atoms with E-state index in [-0.39, 0.29) is 10.8 Å². The Hall–Kier alpha value is -2.20. The summed E-state index contributed by atoms with van der Waals surface area (Å²) in [6, 6.07) is 2.83. The average molecular weight is 269 g/mol. The summed E-state index contributed by atoms with van der Waals surface area (Å²) < 4.78 is 27.5. The molecule has 0 saturated carbocycles. The molecule has 2 aromatic heterocycles. The van der Waals surface area contributed by atoms with Gasteiger partial charge in [-0.3, -0.25) is 0 Å². The van der Waals surface area contributed by atoms with Crippen molar-refractivity contribution in [1.82, 2.24) is 19.7 Å². The van der Waals surface area contributed by atoms with E-state index in [0.717, 1.165) is 0 Å². The second-order valence-electron chi connectivity index (χ2n) is 3.34. The normalized spacial score (nSPS) is 11.2. The quantitative estimate of drug-likeness (QED) is 0.494. The lowest BCUT2D eigenvalue weighted by atomic mass is 10.5. The lowest BCUT2D eigenvalue weighted by Crippen LogP contribution is -2.17. The zero-order valence-electron chi connectivity index (χ0n) is 9.40. The van der Waals surface area contributed by atoms with E-state index < -0.39 is 10.0 Å². The van der Waals surface area contributed by atoms with Gasteiger partial charge in [0.2, 0.25) is 5.95 Å². The summed E-state index contributed by atoms with van der Waals surface area (Å²) in [5.41, 5.74) is 2.31. The zero-order chi connectivity index (χ0) is 13.2. The van der Waals surface area contributed by atoms with Gasteiger partial charge in [-0.15, -0.1) is 0 Å². The number of nitrogens with one attached hydrogen (secondary N) is 2. The first-order chi connectivity index (χ1) is 8.53. The molecule has 2 rings (SSSR count). The Kier molecular flexibility index (Phi) is 3.12. The fraction of sp³-hybridized carbons (Fsp3) is 0.125. The molecule has 4 N–H and O–H groups in total. The van der Waals surface area contributed by atoms with Crippen molar-refractivity contribution in [3.05, 3.63) is 24.7 Å². The van der Waals surface area contributed by atoms with Crippen molar-refractivity contribution < 1.29 is 8.42 Å². The number of pyridine rings is 1. The largest absolute Gasteiger partial charge is 0.308 e. The van der Waals surface area contributed by atoms with Crippen LogP contribution in [-0.4, -0.2) is 28.2 Å². The van der Waals surface area contributed by atoms with Crippen LogP contribution in [0.25, 0.3) is 0 Å². The third kappa shape index (κ3) is 2.38. The van der Waals surface area contributed by atoms with Gasteiger partial charge in [0.1, 0.15) is 17.0 Å². The molecule has 0 aliphatic carbocycles. The molecular formula is C8H11N7O2S. The smallest absolute Gasteiger partial charge is 0.265 e. The van der Waals surface area contributed by atoms with Crippen molar-refractivity contribution in [2.24, 2.45) is 12.9 Å². The van der Waals surface area contributed by atoms with Crippen LogP contribution in [0.4, 0.5) is 11.8 Å². The summed E-state index contributed by atoms with van der Waals surface area (Å²) in [5, 5.41) is 3.76. The first-order valence-electron chi connectivity index (χ1n) is 4.82. The Labute approximate surface area is 103 Å². The monoisotopic (exact) mass is 269 g/mol. The van der Waals surface area contributed by atoms with Crippen molar-refractivity contribution in [2.45, 2.75) is 4.90 Å². The number of hydrogen-bond donors (Lipinski definition) is 3. The second kappa shape index (κ2) is 4.58. The molecule has 2 heterocycles. The minimum atomic E-state index is -3.74. The maximum Gasteiger partial charge on any atom is 0.265 e. The Balaban J connectivity index is 2.28. The molecule has 2 aromatic rings. The van der Waals surface area contributed by atoms with Gasteiger partial charge in [-0.2, -0.15) is 10.1 Å². The Morgan fingerprint density at radius 3 is 2.61 bits per heavy atom. The predicted octanol–water partition coefficient (Wildman–Crippen LogP) is -0.703. The third-order valence-electron chi connectivity index (χ3n) is 2.13. The van der Waals surface area contributed by atoms with Gasteiger partial charge in [-0.05, 0) is 12.1 Å². The molecule has 0 aliphatic rings. The minimum Gasteiger partial charge on any atom is -0.308 e. The van der Waals surface area contributed by atoms with Crippen LogP contribution in [-0.2, 0) is 17.1 Å². The van der Waals surface area contributed by atoms with Gasteiger partial charge < -0.3 is 5.43 Å². The van der Waals surface area contributed by atoms with Crippen molar-refractivity contribution in [3.63, 3.8) is 0 Å². The summed E-state index contributed by atoms with van der Waals surface area (Å²) in [6.45, 7) is 0. The molecule has 96 valence electrons. The number of aromatic nitrogens is 4. The summed E-state index contributed by atoms with van der Waals surface area (Å²) in [5.74, 6) is 5.63. The molecular weight excluding hydrogens is 258 g/mol. The zero-order valence-corrected chi connectivity index (χ0v) is 10.2. The molecule has 0 radical (unpaired) electrons. The minimum absolute atomic E-state index is 0.00417. The van der Waals surface area contributed by atoms with Crippen LogP contribution in [0, 0.1) is 0 Å². The maximum absolute atomic E-state index is 12.0. The number of nitrogens with zero attached hydrogens (tertiary/aromatic N) is 4. The Morgan fingerprint density at radius 2 is 2.11 bits per heavy atom. The van der Waals surface area contributed by atoms with E-state index in [0.29, 0.717) is 5.82 Å². The van der Waals surface area contributed by atoms with E-state index in [2.05, 4.69) is 25.2 Å². The standard InChI is InChI=1S/C8H11N7O2S/c1-15-8(11-5-12-15)14-18(16,17)6-2-3-7(13-9)10-4-6/h2-5H,9H2,1H3,(H,10,13)(H,11,12,14). The van der Waals surface area contributed by atoms with Crippen LogP contribution in [0.3, 0.4) is 0 Å². The molecule has 0 aromatic carbocycles. The van der Waals surface area contributed by atoms with Crippen molar-refractivity contribution in [3.8, 4) is 0 Å². The van der Waals surface area contributed by atoms with Gasteiger partial charge in [-0.1, -0.05) is 0 Å². The number of sulfonamides is 1. The number of aryl methyl sites for hydroxylation is 1. The van der Waals surface area contributed by atoms with Gasteiger partial charge >= 0.3 is 0 Å². The number of nitrogen functional groups attached to an aromatic ring is 1. The molecule has 0 spiro atoms. The van der Waals surface area contributed by atoms with Gasteiger partial charge in [0.25, 0.3) is 10.0 Å². The number of anilines is 2. The molecule has 0 amide bonds. The molecule has 0 bridgehead atoms. The highest BCUT2D eigenvalue weighted by molar-refractivity contribution is 7.92. The van der Waals surface area contributed by atoms with Crippen molar-refractivity contribution in [1.29, 1.82) is 0 Å². The Bertz CT molecular complexity index is 634. The molecule has 0 fully saturated rings. The van der Waals surface area contributed by atoms with Crippen LogP contribution in [0.5, 0.6) is 0 Å². The lowest BCUT2D eigenvalue weighted by Gasteiger charge is -2.06. The van der Waals surface area contributed by atoms with Gasteiger partial charge in [0, 0.05) is 13.2 Å². The van der Waals surface area contributed by atoms with Crippen molar-refractivity contribution >= 4 is 21.8 Å². The molecule has 0 saturated heterocycles. The van der Waals surface area contributed by atoms with Crippen LogP contribution in [0.1, 0.15) is 0 Å². The van der Waals surface area contributed by atoms with Crippen LogP contribution in [0.2, 0.25) is 0 Å². The highest BCUT2D eigenvalue weighted by atomic mass is 32.2. The number of nitrogens with two attached hydrogens (primary N) is 1. The molecule has 9 nitrogen and oxygen atoms in total. The van der Waals surface area contributed by atoms with Gasteiger partial charge in [0.15, 0.2) is 0 Å². The van der Waals surface area contributed by atoms with Gasteiger partial charge in [-0.25, -0.2) is 28.6 Å². The first kappa shape index (κ1) is 12.3. The third-order valence-corrected chi connectivity index (χ3v) is 3.44. The van der Waals surface area contributed by atoms with Crippen LogP contribution < -0.4 is 16.0 Å². The fourth-order valence-electron chi connectivity index (χ4n) is 1.19. The molecule has 18 heavy (non-hydrogen) atoms. The van der Waals surface area contributed by atoms with E-state index in [1.54, 1.807) is 7.05 Å². The van der Waals surface area contributed by atoms with Gasteiger partial charge in [0.05, 0.1) is 0 Å². The Morgan fingerprint density at radius 1 is 1.33 bits per heavy atom. The number of rotatable bonds is 4. The molecule has 0 atom stereocenters. The van der Waals surface area contributed by atoms with E-state index in [1.165, 1.54) is 29.3 Å². The lowest BCUT2D eigenvalue weighted by molar-refractivity contribution is 0.599.